The van der Waals surface area contributed by atoms with Gasteiger partial charge >= 0.3 is 0 Å². The molecule has 3 aromatic rings. The van der Waals surface area contributed by atoms with Crippen LogP contribution in [0.4, 0.5) is 0 Å². The first-order chi connectivity index (χ1) is 15.9. The Balaban J connectivity index is 1.27. The van der Waals surface area contributed by atoms with Gasteiger partial charge < -0.3 is 15.0 Å². The molecular weight excluding hydrogens is 440 g/mol. The van der Waals surface area contributed by atoms with Crippen molar-refractivity contribution >= 4 is 23.2 Å². The van der Waals surface area contributed by atoms with E-state index in [2.05, 4.69) is 25.4 Å². The lowest BCUT2D eigenvalue weighted by atomic mass is 10.1. The second kappa shape index (κ2) is 10.1. The number of amides is 2. The molecule has 0 spiro atoms. The largest absolute Gasteiger partial charge is 0.481 e. The van der Waals surface area contributed by atoms with Crippen molar-refractivity contribution in [3.63, 3.8) is 0 Å². The fourth-order valence-corrected chi connectivity index (χ4v) is 4.85. The summed E-state index contributed by atoms with van der Waals surface area (Å²) in [5.74, 6) is 0.473. The minimum atomic E-state index is -0.0942. The zero-order valence-corrected chi connectivity index (χ0v) is 19.9. The molecule has 0 aromatic carbocycles. The number of hydrogen-bond acceptors (Lipinski definition) is 7. The van der Waals surface area contributed by atoms with Gasteiger partial charge in [0, 0.05) is 62.1 Å². The highest BCUT2D eigenvalue weighted by Crippen LogP contribution is 2.20. The molecule has 3 aromatic heterocycles. The number of nitrogens with zero attached hydrogens (tertiary/aromatic N) is 4. The molecule has 0 bridgehead atoms. The van der Waals surface area contributed by atoms with Crippen LogP contribution in [0.3, 0.4) is 0 Å². The van der Waals surface area contributed by atoms with Crippen LogP contribution in [0.25, 0.3) is 0 Å². The van der Waals surface area contributed by atoms with Gasteiger partial charge in [-0.1, -0.05) is 0 Å². The summed E-state index contributed by atoms with van der Waals surface area (Å²) in [6.07, 6.45) is 1.66. The molecule has 0 unspecified atom stereocenters. The molecule has 0 atom stereocenters. The van der Waals surface area contributed by atoms with Crippen molar-refractivity contribution in [2.24, 2.45) is 0 Å². The number of carbonyl (C=O) groups excluding carboxylic acids is 2. The summed E-state index contributed by atoms with van der Waals surface area (Å²) in [5, 5.41) is 9.97. The SMILES string of the molecule is COc1cc(CNC(=O)c2ccc(CN3CCN(C(=O)c4c(C)n[nH]c4C)CC3)s2)ccn1. The van der Waals surface area contributed by atoms with E-state index >= 15 is 0 Å². The van der Waals surface area contributed by atoms with Crippen LogP contribution in [0.2, 0.25) is 0 Å². The van der Waals surface area contributed by atoms with Gasteiger partial charge in [0.25, 0.3) is 11.8 Å². The highest BCUT2D eigenvalue weighted by atomic mass is 32.1. The van der Waals surface area contributed by atoms with Gasteiger partial charge in [0.1, 0.15) is 0 Å². The minimum Gasteiger partial charge on any atom is -0.481 e. The number of pyridine rings is 1. The predicted octanol–water partition coefficient (Wildman–Crippen LogP) is 2.38. The van der Waals surface area contributed by atoms with Crippen molar-refractivity contribution in [2.75, 3.05) is 33.3 Å². The third-order valence-corrected chi connectivity index (χ3v) is 6.80. The lowest BCUT2D eigenvalue weighted by molar-refractivity contribution is 0.0628. The van der Waals surface area contributed by atoms with Crippen LogP contribution in [0.15, 0.2) is 30.5 Å². The van der Waals surface area contributed by atoms with Crippen LogP contribution in [0.1, 0.15) is 41.9 Å². The molecule has 33 heavy (non-hydrogen) atoms. The van der Waals surface area contributed by atoms with Gasteiger partial charge in [-0.15, -0.1) is 11.3 Å². The molecule has 1 aliphatic heterocycles. The van der Waals surface area contributed by atoms with E-state index in [4.69, 9.17) is 4.74 Å². The molecule has 2 N–H and O–H groups in total. The number of thiophene rings is 1. The summed E-state index contributed by atoms with van der Waals surface area (Å²) in [7, 11) is 1.57. The molecule has 1 saturated heterocycles. The Bertz CT molecular complexity index is 1110. The number of methoxy groups -OCH3 is 1. The van der Waals surface area contributed by atoms with E-state index < -0.39 is 0 Å². The van der Waals surface area contributed by atoms with Gasteiger partial charge in [-0.2, -0.15) is 5.10 Å². The third kappa shape index (κ3) is 5.40. The van der Waals surface area contributed by atoms with Crippen LogP contribution >= 0.6 is 11.3 Å². The normalized spacial score (nSPS) is 14.3. The zero-order chi connectivity index (χ0) is 23.4. The molecule has 0 aliphatic carbocycles. The van der Waals surface area contributed by atoms with Crippen LogP contribution in [0.5, 0.6) is 5.88 Å². The van der Waals surface area contributed by atoms with Crippen molar-refractivity contribution in [2.45, 2.75) is 26.9 Å². The fourth-order valence-electron chi connectivity index (χ4n) is 3.88. The van der Waals surface area contributed by atoms with E-state index in [1.807, 2.05) is 36.9 Å². The monoisotopic (exact) mass is 468 g/mol. The molecule has 0 saturated carbocycles. The maximum Gasteiger partial charge on any atom is 0.261 e. The van der Waals surface area contributed by atoms with Crippen molar-refractivity contribution < 1.29 is 14.3 Å². The number of rotatable bonds is 7. The molecule has 10 heteroatoms. The number of nitrogens with one attached hydrogen (secondary N) is 2. The van der Waals surface area contributed by atoms with Crippen molar-refractivity contribution in [1.29, 1.82) is 0 Å². The molecule has 2 amide bonds. The number of H-pyrrole nitrogens is 1. The summed E-state index contributed by atoms with van der Waals surface area (Å²) in [4.78, 5) is 35.5. The standard InChI is InChI=1S/C23H28N6O3S/c1-15-21(16(2)27-26-15)23(31)29-10-8-28(9-11-29)14-18-4-5-19(33-18)22(30)25-13-17-6-7-24-20(12-17)32-3/h4-7,12H,8-11,13-14H2,1-3H3,(H,25,30)(H,26,27). The molecular formula is C23H28N6O3S. The first kappa shape index (κ1) is 22.9. The van der Waals surface area contributed by atoms with Crippen molar-refractivity contribution in [1.82, 2.24) is 30.3 Å². The van der Waals surface area contributed by atoms with Crippen LogP contribution in [-0.4, -0.2) is 70.1 Å². The molecule has 9 nitrogen and oxygen atoms in total. The predicted molar refractivity (Wildman–Crippen MR) is 126 cm³/mol. The topological polar surface area (TPSA) is 103 Å². The number of piperazine rings is 1. The highest BCUT2D eigenvalue weighted by molar-refractivity contribution is 7.14. The number of aromatic nitrogens is 3. The number of hydrogen-bond donors (Lipinski definition) is 2. The Morgan fingerprint density at radius 2 is 1.97 bits per heavy atom. The molecule has 174 valence electrons. The van der Waals surface area contributed by atoms with E-state index in [0.717, 1.165) is 41.5 Å². The van der Waals surface area contributed by atoms with Gasteiger partial charge in [-0.05, 0) is 37.6 Å². The molecule has 1 fully saturated rings. The number of ether oxygens (including phenoxy) is 1. The molecule has 1 aliphatic rings. The highest BCUT2D eigenvalue weighted by Gasteiger charge is 2.26. The fraction of sp³-hybridized carbons (Fsp3) is 0.391. The second-order valence-electron chi connectivity index (χ2n) is 8.03. The van der Waals surface area contributed by atoms with E-state index in [1.165, 1.54) is 11.3 Å². The average Bonchev–Trinajstić information content (AvgIpc) is 3.43. The Hall–Kier alpha value is -3.24. The second-order valence-corrected chi connectivity index (χ2v) is 9.20. The molecule has 4 rings (SSSR count). The Morgan fingerprint density at radius 1 is 1.18 bits per heavy atom. The van der Waals surface area contributed by atoms with Crippen LogP contribution in [0, 0.1) is 13.8 Å². The number of aryl methyl sites for hydroxylation is 2. The summed E-state index contributed by atoms with van der Waals surface area (Å²) < 4.78 is 5.12. The Morgan fingerprint density at radius 3 is 2.67 bits per heavy atom. The van der Waals surface area contributed by atoms with Crippen molar-refractivity contribution in [3.8, 4) is 5.88 Å². The third-order valence-electron chi connectivity index (χ3n) is 5.73. The van der Waals surface area contributed by atoms with E-state index in [1.54, 1.807) is 19.4 Å². The van der Waals surface area contributed by atoms with Gasteiger partial charge in [0.2, 0.25) is 5.88 Å². The zero-order valence-electron chi connectivity index (χ0n) is 19.1. The van der Waals surface area contributed by atoms with E-state index in [-0.39, 0.29) is 11.8 Å². The summed E-state index contributed by atoms with van der Waals surface area (Å²) in [5.41, 5.74) is 3.17. The summed E-state index contributed by atoms with van der Waals surface area (Å²) in [6.45, 7) is 7.86. The quantitative estimate of drug-likeness (QED) is 0.552. The Labute approximate surface area is 196 Å². The van der Waals surface area contributed by atoms with E-state index in [9.17, 15) is 9.59 Å². The lowest BCUT2D eigenvalue weighted by Crippen LogP contribution is -2.48. The summed E-state index contributed by atoms with van der Waals surface area (Å²) >= 11 is 1.50. The minimum absolute atomic E-state index is 0.0419. The maximum absolute atomic E-state index is 12.8. The number of carbonyl (C=O) groups is 2. The van der Waals surface area contributed by atoms with Crippen LogP contribution < -0.4 is 10.1 Å². The van der Waals surface area contributed by atoms with Gasteiger partial charge in [0.05, 0.1) is 23.2 Å². The van der Waals surface area contributed by atoms with Gasteiger partial charge in [-0.25, -0.2) is 4.98 Å². The van der Waals surface area contributed by atoms with E-state index in [0.29, 0.717) is 36.0 Å². The number of aromatic amines is 1. The van der Waals surface area contributed by atoms with Gasteiger partial charge in [0.15, 0.2) is 0 Å². The van der Waals surface area contributed by atoms with Crippen LogP contribution in [-0.2, 0) is 13.1 Å². The molecule has 0 radical (unpaired) electrons. The molecule has 4 heterocycles. The Kier molecular flexibility index (Phi) is 7.05. The lowest BCUT2D eigenvalue weighted by Gasteiger charge is -2.34. The van der Waals surface area contributed by atoms with Gasteiger partial charge in [-0.3, -0.25) is 19.6 Å². The average molecular weight is 469 g/mol. The smallest absolute Gasteiger partial charge is 0.261 e. The first-order valence-corrected chi connectivity index (χ1v) is 11.6. The summed E-state index contributed by atoms with van der Waals surface area (Å²) in [6, 6.07) is 7.53. The maximum atomic E-state index is 12.8. The first-order valence-electron chi connectivity index (χ1n) is 10.8. The van der Waals surface area contributed by atoms with Crippen molar-refractivity contribution in [3.05, 3.63) is 62.7 Å².